The van der Waals surface area contributed by atoms with Gasteiger partial charge in [-0.3, -0.25) is 0 Å². The molecule has 0 bridgehead atoms. The first-order valence-electron chi connectivity index (χ1n) is 7.43. The van der Waals surface area contributed by atoms with Gasteiger partial charge in [0.2, 0.25) is 6.79 Å². The predicted octanol–water partition coefficient (Wildman–Crippen LogP) is 3.47. The molecule has 0 radical (unpaired) electrons. The Hall–Kier alpha value is -1.22. The van der Waals surface area contributed by atoms with E-state index in [0.717, 1.165) is 24.0 Å². The van der Waals surface area contributed by atoms with Gasteiger partial charge in [0.15, 0.2) is 11.5 Å². The molecule has 1 heterocycles. The van der Waals surface area contributed by atoms with Crippen molar-refractivity contribution in [3.63, 3.8) is 0 Å². The zero-order valence-corrected chi connectivity index (χ0v) is 11.7. The first-order valence-corrected chi connectivity index (χ1v) is 7.43. The van der Waals surface area contributed by atoms with E-state index in [1.54, 1.807) is 0 Å². The largest absolute Gasteiger partial charge is 0.454 e. The zero-order valence-electron chi connectivity index (χ0n) is 11.7. The van der Waals surface area contributed by atoms with Crippen LogP contribution < -0.4 is 14.8 Å². The summed E-state index contributed by atoms with van der Waals surface area (Å²) in [7, 11) is 0. The van der Waals surface area contributed by atoms with Crippen molar-refractivity contribution in [2.75, 3.05) is 6.79 Å². The molecule has 19 heavy (non-hydrogen) atoms. The molecule has 2 unspecified atom stereocenters. The smallest absolute Gasteiger partial charge is 0.231 e. The summed E-state index contributed by atoms with van der Waals surface area (Å²) in [6.07, 6.45) is 6.74. The third-order valence-corrected chi connectivity index (χ3v) is 4.29. The number of fused-ring (bicyclic) bond motifs is 1. The predicted molar refractivity (Wildman–Crippen MR) is 75.4 cm³/mol. The van der Waals surface area contributed by atoms with Crippen LogP contribution in [0.5, 0.6) is 11.5 Å². The van der Waals surface area contributed by atoms with Crippen LogP contribution in [0.2, 0.25) is 0 Å². The van der Waals surface area contributed by atoms with Gasteiger partial charge in [0.1, 0.15) is 0 Å². The van der Waals surface area contributed by atoms with Gasteiger partial charge in [-0.2, -0.15) is 0 Å². The van der Waals surface area contributed by atoms with E-state index in [4.69, 9.17) is 9.47 Å². The minimum atomic E-state index is 0.354. The van der Waals surface area contributed by atoms with Gasteiger partial charge >= 0.3 is 0 Å². The molecule has 0 spiro atoms. The Morgan fingerprint density at radius 1 is 1.11 bits per heavy atom. The van der Waals surface area contributed by atoms with Gasteiger partial charge in [-0.1, -0.05) is 25.8 Å². The summed E-state index contributed by atoms with van der Waals surface area (Å²) in [6.45, 7) is 3.66. The van der Waals surface area contributed by atoms with Crippen LogP contribution in [0.1, 0.15) is 44.6 Å². The van der Waals surface area contributed by atoms with Crippen LogP contribution in [0.4, 0.5) is 0 Å². The molecule has 1 N–H and O–H groups in total. The monoisotopic (exact) mass is 261 g/mol. The van der Waals surface area contributed by atoms with Crippen molar-refractivity contribution in [3.8, 4) is 11.5 Å². The van der Waals surface area contributed by atoms with Gasteiger partial charge in [-0.05, 0) is 42.9 Å². The second-order valence-electron chi connectivity index (χ2n) is 5.88. The summed E-state index contributed by atoms with van der Waals surface area (Å²) >= 11 is 0. The van der Waals surface area contributed by atoms with Crippen molar-refractivity contribution in [2.24, 2.45) is 5.92 Å². The summed E-state index contributed by atoms with van der Waals surface area (Å²) in [5, 5.41) is 3.69. The topological polar surface area (TPSA) is 30.5 Å². The van der Waals surface area contributed by atoms with E-state index in [-0.39, 0.29) is 0 Å². The van der Waals surface area contributed by atoms with E-state index in [9.17, 15) is 0 Å². The second-order valence-corrected chi connectivity index (χ2v) is 5.88. The molecule has 3 nitrogen and oxygen atoms in total. The quantitative estimate of drug-likeness (QED) is 0.845. The van der Waals surface area contributed by atoms with Crippen LogP contribution in [-0.2, 0) is 6.54 Å². The molecular formula is C16H23NO2. The molecule has 3 heteroatoms. The molecule has 1 aromatic carbocycles. The minimum Gasteiger partial charge on any atom is -0.454 e. The van der Waals surface area contributed by atoms with E-state index in [1.165, 1.54) is 37.7 Å². The number of rotatable bonds is 3. The average molecular weight is 261 g/mol. The summed E-state index contributed by atoms with van der Waals surface area (Å²) in [6, 6.07) is 6.90. The van der Waals surface area contributed by atoms with Crippen molar-refractivity contribution in [2.45, 2.75) is 51.6 Å². The summed E-state index contributed by atoms with van der Waals surface area (Å²) in [5.41, 5.74) is 1.28. The van der Waals surface area contributed by atoms with Crippen LogP contribution in [0.3, 0.4) is 0 Å². The van der Waals surface area contributed by atoms with E-state index >= 15 is 0 Å². The van der Waals surface area contributed by atoms with E-state index in [2.05, 4.69) is 24.4 Å². The standard InChI is InChI=1S/C16H23NO2/c1-12-3-2-4-14(7-5-12)17-10-13-6-8-15-16(9-13)19-11-18-15/h6,8-9,12,14,17H,2-5,7,10-11H2,1H3. The highest BCUT2D eigenvalue weighted by atomic mass is 16.7. The van der Waals surface area contributed by atoms with Gasteiger partial charge in [-0.15, -0.1) is 0 Å². The van der Waals surface area contributed by atoms with Crippen LogP contribution in [0, 0.1) is 5.92 Å². The fourth-order valence-corrected chi connectivity index (χ4v) is 3.00. The van der Waals surface area contributed by atoms with Gasteiger partial charge < -0.3 is 14.8 Å². The van der Waals surface area contributed by atoms with Crippen molar-refractivity contribution >= 4 is 0 Å². The van der Waals surface area contributed by atoms with Crippen molar-refractivity contribution in [1.29, 1.82) is 0 Å². The van der Waals surface area contributed by atoms with Crippen molar-refractivity contribution in [1.82, 2.24) is 5.32 Å². The third-order valence-electron chi connectivity index (χ3n) is 4.29. The number of benzene rings is 1. The van der Waals surface area contributed by atoms with Gasteiger partial charge in [0, 0.05) is 12.6 Å². The van der Waals surface area contributed by atoms with E-state index < -0.39 is 0 Å². The Morgan fingerprint density at radius 2 is 2.00 bits per heavy atom. The summed E-state index contributed by atoms with van der Waals surface area (Å²) < 4.78 is 10.7. The normalized spacial score (nSPS) is 26.2. The molecular weight excluding hydrogens is 238 g/mol. The first-order chi connectivity index (χ1) is 9.31. The molecule has 0 amide bonds. The lowest BCUT2D eigenvalue weighted by atomic mass is 10.0. The lowest BCUT2D eigenvalue weighted by Gasteiger charge is -2.16. The lowest BCUT2D eigenvalue weighted by molar-refractivity contribution is 0.174. The maximum absolute atomic E-state index is 5.41. The number of nitrogens with one attached hydrogen (secondary N) is 1. The molecule has 0 aromatic heterocycles. The average Bonchev–Trinajstić information content (AvgIpc) is 2.79. The molecule has 1 aliphatic carbocycles. The van der Waals surface area contributed by atoms with Crippen LogP contribution >= 0.6 is 0 Å². The van der Waals surface area contributed by atoms with Crippen LogP contribution in [-0.4, -0.2) is 12.8 Å². The minimum absolute atomic E-state index is 0.354. The second kappa shape index (κ2) is 5.83. The Bertz CT molecular complexity index is 433. The fraction of sp³-hybridized carbons (Fsp3) is 0.625. The third kappa shape index (κ3) is 3.21. The van der Waals surface area contributed by atoms with Gasteiger partial charge in [0.25, 0.3) is 0 Å². The Morgan fingerprint density at radius 3 is 2.95 bits per heavy atom. The highest BCUT2D eigenvalue weighted by Crippen LogP contribution is 2.32. The van der Waals surface area contributed by atoms with Crippen molar-refractivity contribution in [3.05, 3.63) is 23.8 Å². The maximum Gasteiger partial charge on any atom is 0.231 e. The molecule has 2 aliphatic rings. The Kier molecular flexibility index (Phi) is 3.92. The van der Waals surface area contributed by atoms with E-state index in [1.807, 2.05) is 6.07 Å². The molecule has 1 saturated carbocycles. The highest BCUT2D eigenvalue weighted by Gasteiger charge is 2.17. The number of ether oxygens (including phenoxy) is 2. The lowest BCUT2D eigenvalue weighted by Crippen LogP contribution is -2.27. The SMILES string of the molecule is CC1CCCC(NCc2ccc3c(c2)OCO3)CC1. The molecule has 1 aromatic rings. The molecule has 104 valence electrons. The Labute approximate surface area is 115 Å². The van der Waals surface area contributed by atoms with Crippen LogP contribution in [0.15, 0.2) is 18.2 Å². The number of hydrogen-bond donors (Lipinski definition) is 1. The van der Waals surface area contributed by atoms with Gasteiger partial charge in [0.05, 0.1) is 0 Å². The summed E-state index contributed by atoms with van der Waals surface area (Å²) in [4.78, 5) is 0. The molecule has 0 saturated heterocycles. The van der Waals surface area contributed by atoms with Crippen LogP contribution in [0.25, 0.3) is 0 Å². The van der Waals surface area contributed by atoms with Gasteiger partial charge in [-0.25, -0.2) is 0 Å². The maximum atomic E-state index is 5.41. The number of hydrogen-bond acceptors (Lipinski definition) is 3. The first kappa shape index (κ1) is 12.8. The molecule has 1 fully saturated rings. The Balaban J connectivity index is 1.54. The zero-order chi connectivity index (χ0) is 13.1. The summed E-state index contributed by atoms with van der Waals surface area (Å²) in [5.74, 6) is 2.65. The molecule has 2 atom stereocenters. The van der Waals surface area contributed by atoms with E-state index in [0.29, 0.717) is 12.8 Å². The van der Waals surface area contributed by atoms with Crippen molar-refractivity contribution < 1.29 is 9.47 Å². The fourth-order valence-electron chi connectivity index (χ4n) is 3.00. The molecule has 3 rings (SSSR count). The highest BCUT2D eigenvalue weighted by molar-refractivity contribution is 5.44. The molecule has 1 aliphatic heterocycles.